The fourth-order valence-electron chi connectivity index (χ4n) is 2.17. The van der Waals surface area contributed by atoms with Gasteiger partial charge in [-0.1, -0.05) is 13.0 Å². The molecular weight excluding hydrogens is 275 g/mol. The van der Waals surface area contributed by atoms with E-state index in [0.29, 0.717) is 17.3 Å². The van der Waals surface area contributed by atoms with Crippen LogP contribution in [0.5, 0.6) is 0 Å². The van der Waals surface area contributed by atoms with Gasteiger partial charge >= 0.3 is 5.97 Å². The van der Waals surface area contributed by atoms with Gasteiger partial charge in [0.25, 0.3) is 5.91 Å². The Morgan fingerprint density at radius 2 is 2.14 bits per heavy atom. The minimum atomic E-state index is -1.11. The normalized spacial score (nSPS) is 10.6. The number of carboxylic acids is 1. The van der Waals surface area contributed by atoms with Gasteiger partial charge in [-0.3, -0.25) is 14.6 Å². The minimum Gasteiger partial charge on any atom is -0.480 e. The first-order chi connectivity index (χ1) is 10.0. The highest BCUT2D eigenvalue weighted by Gasteiger charge is 2.21. The lowest BCUT2D eigenvalue weighted by Crippen LogP contribution is -2.36. The Bertz CT molecular complexity index is 688. The molecule has 21 heavy (non-hydrogen) atoms. The number of carbonyl (C=O) groups excluding carboxylic acids is 1. The van der Waals surface area contributed by atoms with Crippen molar-refractivity contribution >= 4 is 22.8 Å². The second-order valence-electron chi connectivity index (χ2n) is 4.65. The van der Waals surface area contributed by atoms with E-state index in [1.165, 1.54) is 17.2 Å². The molecule has 1 heterocycles. The first kappa shape index (κ1) is 14.9. The third kappa shape index (κ3) is 3.34. The lowest BCUT2D eigenvalue weighted by atomic mass is 10.1. The molecule has 1 aromatic heterocycles. The Kier molecular flexibility index (Phi) is 4.47. The fourth-order valence-corrected chi connectivity index (χ4v) is 2.17. The van der Waals surface area contributed by atoms with Crippen molar-refractivity contribution in [2.75, 3.05) is 13.1 Å². The summed E-state index contributed by atoms with van der Waals surface area (Å²) in [6.45, 7) is 1.71. The second kappa shape index (κ2) is 6.30. The Labute approximate surface area is 121 Å². The van der Waals surface area contributed by atoms with E-state index in [0.717, 1.165) is 6.07 Å². The van der Waals surface area contributed by atoms with Crippen molar-refractivity contribution in [2.24, 2.45) is 0 Å². The molecule has 0 aliphatic rings. The number of carboxylic acid groups (broad SMARTS) is 1. The van der Waals surface area contributed by atoms with E-state index in [9.17, 15) is 14.0 Å². The van der Waals surface area contributed by atoms with Crippen LogP contribution in [-0.2, 0) is 4.79 Å². The summed E-state index contributed by atoms with van der Waals surface area (Å²) in [7, 11) is 0. The third-order valence-corrected chi connectivity index (χ3v) is 3.01. The van der Waals surface area contributed by atoms with E-state index in [1.54, 1.807) is 12.1 Å². The summed E-state index contributed by atoms with van der Waals surface area (Å²) in [6.07, 6.45) is 2.12. The van der Waals surface area contributed by atoms with Crippen LogP contribution in [0.4, 0.5) is 4.39 Å². The summed E-state index contributed by atoms with van der Waals surface area (Å²) in [6, 6.07) is 5.70. The van der Waals surface area contributed by atoms with Crippen LogP contribution < -0.4 is 0 Å². The number of carbonyl (C=O) groups is 2. The van der Waals surface area contributed by atoms with Crippen LogP contribution >= 0.6 is 0 Å². The van der Waals surface area contributed by atoms with Gasteiger partial charge in [0.2, 0.25) is 0 Å². The molecule has 110 valence electrons. The maximum Gasteiger partial charge on any atom is 0.323 e. The molecule has 1 aromatic carbocycles. The van der Waals surface area contributed by atoms with Crippen LogP contribution in [0.2, 0.25) is 0 Å². The zero-order valence-corrected chi connectivity index (χ0v) is 11.5. The molecule has 2 aromatic rings. The van der Waals surface area contributed by atoms with Crippen LogP contribution in [0.3, 0.4) is 0 Å². The van der Waals surface area contributed by atoms with Gasteiger partial charge in [-0.2, -0.15) is 0 Å². The predicted molar refractivity (Wildman–Crippen MR) is 75.5 cm³/mol. The highest BCUT2D eigenvalue weighted by molar-refractivity contribution is 6.06. The van der Waals surface area contributed by atoms with Gasteiger partial charge in [0.1, 0.15) is 12.4 Å². The average molecular weight is 290 g/mol. The average Bonchev–Trinajstić information content (AvgIpc) is 2.44. The van der Waals surface area contributed by atoms with Crippen molar-refractivity contribution < 1.29 is 19.1 Å². The van der Waals surface area contributed by atoms with Gasteiger partial charge in [0.15, 0.2) is 0 Å². The van der Waals surface area contributed by atoms with Gasteiger partial charge in [-0.05, 0) is 24.6 Å². The number of nitrogens with zero attached hydrogens (tertiary/aromatic N) is 2. The van der Waals surface area contributed by atoms with Crippen molar-refractivity contribution in [1.82, 2.24) is 9.88 Å². The number of rotatable bonds is 5. The molecule has 0 unspecified atom stereocenters. The van der Waals surface area contributed by atoms with Gasteiger partial charge in [-0.15, -0.1) is 0 Å². The zero-order chi connectivity index (χ0) is 15.4. The fraction of sp³-hybridized carbons (Fsp3) is 0.267. The molecule has 0 atom stereocenters. The summed E-state index contributed by atoms with van der Waals surface area (Å²) >= 11 is 0. The number of hydrogen-bond acceptors (Lipinski definition) is 3. The van der Waals surface area contributed by atoms with E-state index in [2.05, 4.69) is 4.98 Å². The Balaban J connectivity index is 2.48. The summed E-state index contributed by atoms with van der Waals surface area (Å²) in [5, 5.41) is 9.40. The third-order valence-electron chi connectivity index (χ3n) is 3.01. The Hall–Kier alpha value is -2.50. The van der Waals surface area contributed by atoms with Gasteiger partial charge in [0, 0.05) is 18.1 Å². The maximum atomic E-state index is 13.7. The first-order valence-electron chi connectivity index (χ1n) is 6.58. The monoisotopic (exact) mass is 290 g/mol. The van der Waals surface area contributed by atoms with Crippen molar-refractivity contribution in [2.45, 2.75) is 13.3 Å². The molecular formula is C15H15FN2O3. The highest BCUT2D eigenvalue weighted by atomic mass is 19.1. The molecule has 0 fully saturated rings. The maximum absolute atomic E-state index is 13.7. The standard InChI is InChI=1S/C15H15FN2O3/c1-2-6-18(9-13(19)20)15(21)12-8-11(16)7-10-4-3-5-17-14(10)12/h3-5,7-8H,2,6,9H2,1H3,(H,19,20). The van der Waals surface area contributed by atoms with E-state index in [-0.39, 0.29) is 12.1 Å². The topological polar surface area (TPSA) is 70.5 Å². The first-order valence-corrected chi connectivity index (χ1v) is 6.58. The summed E-state index contributed by atoms with van der Waals surface area (Å²) < 4.78 is 13.7. The molecule has 0 bridgehead atoms. The van der Waals surface area contributed by atoms with Gasteiger partial charge in [-0.25, -0.2) is 4.39 Å². The molecule has 1 amide bonds. The Morgan fingerprint density at radius 1 is 1.38 bits per heavy atom. The zero-order valence-electron chi connectivity index (χ0n) is 11.5. The Morgan fingerprint density at radius 3 is 2.81 bits per heavy atom. The number of benzene rings is 1. The van der Waals surface area contributed by atoms with Crippen LogP contribution in [0.15, 0.2) is 30.5 Å². The largest absolute Gasteiger partial charge is 0.480 e. The summed E-state index contributed by atoms with van der Waals surface area (Å²) in [4.78, 5) is 28.6. The van der Waals surface area contributed by atoms with E-state index >= 15 is 0 Å². The van der Waals surface area contributed by atoms with Crippen LogP contribution in [-0.4, -0.2) is 40.0 Å². The molecule has 0 saturated heterocycles. The van der Waals surface area contributed by atoms with Gasteiger partial charge in [0.05, 0.1) is 11.1 Å². The van der Waals surface area contributed by atoms with E-state index in [4.69, 9.17) is 5.11 Å². The molecule has 0 spiro atoms. The lowest BCUT2D eigenvalue weighted by Gasteiger charge is -2.20. The summed E-state index contributed by atoms with van der Waals surface area (Å²) in [5.74, 6) is -2.18. The predicted octanol–water partition coefficient (Wildman–Crippen LogP) is 2.31. The van der Waals surface area contributed by atoms with Gasteiger partial charge < -0.3 is 10.0 Å². The number of halogens is 1. The van der Waals surface area contributed by atoms with Crippen molar-refractivity contribution in [3.05, 3.63) is 41.8 Å². The van der Waals surface area contributed by atoms with E-state index < -0.39 is 24.2 Å². The minimum absolute atomic E-state index is 0.0836. The molecule has 1 N–H and O–H groups in total. The quantitative estimate of drug-likeness (QED) is 0.917. The van der Waals surface area contributed by atoms with E-state index in [1.807, 2.05) is 6.92 Å². The summed E-state index contributed by atoms with van der Waals surface area (Å²) in [5.41, 5.74) is 0.454. The molecule has 0 aliphatic carbocycles. The second-order valence-corrected chi connectivity index (χ2v) is 4.65. The molecule has 0 aliphatic heterocycles. The number of aromatic nitrogens is 1. The van der Waals surface area contributed by atoms with Crippen LogP contribution in [0.1, 0.15) is 23.7 Å². The molecule has 0 radical (unpaired) electrons. The number of pyridine rings is 1. The lowest BCUT2D eigenvalue weighted by molar-refractivity contribution is -0.137. The van der Waals surface area contributed by atoms with Crippen molar-refractivity contribution in [3.8, 4) is 0 Å². The SMILES string of the molecule is CCCN(CC(=O)O)C(=O)c1cc(F)cc2cccnc12. The number of amides is 1. The van der Waals surface area contributed by atoms with Crippen LogP contribution in [0, 0.1) is 5.82 Å². The number of hydrogen-bond donors (Lipinski definition) is 1. The smallest absolute Gasteiger partial charge is 0.323 e. The number of fused-ring (bicyclic) bond motifs is 1. The van der Waals surface area contributed by atoms with Crippen molar-refractivity contribution in [1.29, 1.82) is 0 Å². The van der Waals surface area contributed by atoms with Crippen LogP contribution in [0.25, 0.3) is 10.9 Å². The highest BCUT2D eigenvalue weighted by Crippen LogP contribution is 2.20. The van der Waals surface area contributed by atoms with Crippen molar-refractivity contribution in [3.63, 3.8) is 0 Å². The number of aliphatic carboxylic acids is 1. The molecule has 2 rings (SSSR count). The molecule has 5 nitrogen and oxygen atoms in total. The molecule has 0 saturated carbocycles. The molecule has 6 heteroatoms.